The molecule has 0 unspecified atom stereocenters. The van der Waals surface area contributed by atoms with Crippen molar-refractivity contribution in [2.24, 2.45) is 34.0 Å². The maximum Gasteiger partial charge on any atom is 2.00 e. The van der Waals surface area contributed by atoms with Crippen molar-refractivity contribution in [2.45, 2.75) is 134 Å². The van der Waals surface area contributed by atoms with Gasteiger partial charge < -0.3 is 77.2 Å². The second-order valence-electron chi connectivity index (χ2n) is 18.9. The van der Waals surface area contributed by atoms with Crippen LogP contribution in [-0.2, 0) is 62.4 Å². The number of carboxylic acid groups (broad SMARTS) is 2. The number of nitrogens with zero attached hydrogens (tertiary/aromatic N) is 3. The third-order valence-corrected chi connectivity index (χ3v) is 12.7. The van der Waals surface area contributed by atoms with Gasteiger partial charge in [0.05, 0.1) is 18.8 Å². The van der Waals surface area contributed by atoms with Gasteiger partial charge in [-0.2, -0.15) is 0 Å². The summed E-state index contributed by atoms with van der Waals surface area (Å²) in [6.07, 6.45) is 2.92. The standard InChI is InChI=1S/C50H71N13O12.Ca.2H/c1-5-28(4)41(47(72)59-36(23-31-25-54-26-56-31)48(73)63-20-10-14-38(63)45(70)60-37(49(74)75)22-29-11-7-6-8-12-29)62-44(69)35(21-30-15-17-32(64)18-16-30)58-46(71)40(27(2)3)61-43(68)34(13-9-19-55-50(52)53)57-42(67)33(51)24-39(65)66;;;/h6-8,11-12,15-18,25-28,33-38,40-41,64H,5,9-10,13-14,19-24,51H2,1-4H3,(H,54,56)(H,57,67)(H,58,71)(H,59,72)(H,60,70)(H,61,68)(H,62,69)(H,65,66)(H,74,75)(H4,52,53,55);;;/q;+2;2*-1/t28-,33-,34-,35-,36-,37-,38-,40-,41-;;;/m0.../s1. The van der Waals surface area contributed by atoms with Crippen LogP contribution in [0.3, 0.4) is 0 Å². The molecule has 0 spiro atoms. The summed E-state index contributed by atoms with van der Waals surface area (Å²) < 4.78 is 0. The summed E-state index contributed by atoms with van der Waals surface area (Å²) in [7, 11) is 0. The van der Waals surface area contributed by atoms with Crippen LogP contribution in [0.5, 0.6) is 5.75 Å². The van der Waals surface area contributed by atoms with Crippen LogP contribution in [0.25, 0.3) is 0 Å². The van der Waals surface area contributed by atoms with E-state index in [-0.39, 0.29) is 104 Å². The molecule has 9 atom stereocenters. The zero-order valence-corrected chi connectivity index (χ0v) is 45.4. The molecule has 1 saturated heterocycles. The number of carbonyl (C=O) groups is 9. The van der Waals surface area contributed by atoms with Gasteiger partial charge >= 0.3 is 49.7 Å². The number of carboxylic acids is 2. The van der Waals surface area contributed by atoms with E-state index in [1.807, 2.05) is 0 Å². The van der Waals surface area contributed by atoms with Crippen molar-refractivity contribution in [1.82, 2.24) is 46.8 Å². The van der Waals surface area contributed by atoms with Gasteiger partial charge in [-0.1, -0.05) is 76.6 Å². The van der Waals surface area contributed by atoms with Crippen LogP contribution in [0.2, 0.25) is 0 Å². The fourth-order valence-corrected chi connectivity index (χ4v) is 8.31. The Morgan fingerprint density at radius 1 is 0.763 bits per heavy atom. The molecule has 26 heteroatoms. The number of likely N-dealkylation sites (tertiary alicyclic amines) is 1. The maximum absolute atomic E-state index is 14.6. The second kappa shape index (κ2) is 31.3. The van der Waals surface area contributed by atoms with E-state index in [4.69, 9.17) is 17.2 Å². The van der Waals surface area contributed by atoms with E-state index in [1.165, 1.54) is 41.7 Å². The number of nitrogens with two attached hydrogens (primary N) is 3. The van der Waals surface area contributed by atoms with Crippen LogP contribution in [0.15, 0.2) is 72.1 Å². The Bertz CT molecular complexity index is 2470. The molecule has 0 saturated carbocycles. The van der Waals surface area contributed by atoms with Crippen LogP contribution >= 0.6 is 0 Å². The molecule has 25 nitrogen and oxygen atoms in total. The number of guanidine groups is 1. The average molecular weight is 1090 g/mol. The largest absolute Gasteiger partial charge is 2.00 e. The summed E-state index contributed by atoms with van der Waals surface area (Å²) in [6.45, 7) is 6.90. The molecule has 1 aromatic heterocycles. The van der Waals surface area contributed by atoms with Gasteiger partial charge in [0.15, 0.2) is 5.96 Å². The molecular weight excluding hydrogens is 1010 g/mol. The van der Waals surface area contributed by atoms with Crippen LogP contribution in [-0.4, -0.2) is 189 Å². The monoisotopic (exact) mass is 1090 g/mol. The third kappa shape index (κ3) is 20.0. The first-order valence-corrected chi connectivity index (χ1v) is 24.8. The van der Waals surface area contributed by atoms with Gasteiger partial charge in [-0.3, -0.25) is 43.3 Å². The molecule has 7 amide bonds. The normalized spacial score (nSPS) is 16.1. The van der Waals surface area contributed by atoms with Crippen molar-refractivity contribution in [3.8, 4) is 5.75 Å². The summed E-state index contributed by atoms with van der Waals surface area (Å²) in [5, 5.41) is 45.1. The number of phenolic OH excluding ortho intramolecular Hbond substituents is 1. The summed E-state index contributed by atoms with van der Waals surface area (Å²) in [5.74, 6) is -9.64. The number of amides is 7. The second-order valence-corrected chi connectivity index (χ2v) is 18.9. The molecule has 1 aliphatic rings. The quantitative estimate of drug-likeness (QED) is 0.0163. The molecule has 1 aliphatic heterocycles. The average Bonchev–Trinajstić information content (AvgIpc) is 4.08. The van der Waals surface area contributed by atoms with E-state index in [0.29, 0.717) is 29.7 Å². The van der Waals surface area contributed by atoms with Crippen LogP contribution in [0.4, 0.5) is 0 Å². The van der Waals surface area contributed by atoms with E-state index in [2.05, 4.69) is 46.9 Å². The van der Waals surface area contributed by atoms with Crippen LogP contribution in [0.1, 0.15) is 85.9 Å². The predicted molar refractivity (Wildman–Crippen MR) is 281 cm³/mol. The molecule has 412 valence electrons. The molecule has 0 radical (unpaired) electrons. The van der Waals surface area contributed by atoms with E-state index in [9.17, 15) is 58.5 Å². The molecule has 3 aromatic rings. The van der Waals surface area contributed by atoms with Gasteiger partial charge in [0, 0.05) is 44.2 Å². The number of hydrogen-bond acceptors (Lipinski definition) is 13. The Balaban J connectivity index is 0.0000101. The van der Waals surface area contributed by atoms with Gasteiger partial charge in [0.1, 0.15) is 48.0 Å². The van der Waals surface area contributed by atoms with Gasteiger partial charge in [-0.05, 0) is 60.8 Å². The molecule has 4 rings (SSSR count). The number of phenols is 1. The number of carbonyl (C=O) groups excluding carboxylic acids is 7. The topological polar surface area (TPSA) is 409 Å². The number of aromatic hydroxyl groups is 1. The van der Waals surface area contributed by atoms with Crippen molar-refractivity contribution >= 4 is 97.0 Å². The molecule has 0 aliphatic carbocycles. The van der Waals surface area contributed by atoms with Gasteiger partial charge in [0.25, 0.3) is 0 Å². The van der Waals surface area contributed by atoms with Crippen LogP contribution < -0.4 is 49.1 Å². The fraction of sp³-hybridized carbons (Fsp3) is 0.500. The summed E-state index contributed by atoms with van der Waals surface area (Å²) >= 11 is 0. The Kier molecular flexibility index (Phi) is 26.1. The minimum atomic E-state index is -1.51. The van der Waals surface area contributed by atoms with Crippen molar-refractivity contribution in [3.63, 3.8) is 0 Å². The number of H-pyrrole nitrogens is 1. The number of aliphatic carboxylic acids is 2. The Morgan fingerprint density at radius 2 is 1.36 bits per heavy atom. The molecule has 2 aromatic carbocycles. The zero-order valence-electron chi connectivity index (χ0n) is 45.2. The number of aliphatic imine (C=N–C) groups is 1. The summed E-state index contributed by atoms with van der Waals surface area (Å²) in [6, 6.07) is 3.95. The van der Waals surface area contributed by atoms with E-state index < -0.39 is 120 Å². The van der Waals surface area contributed by atoms with Crippen molar-refractivity contribution in [1.29, 1.82) is 0 Å². The number of nitrogens with one attached hydrogen (secondary N) is 7. The predicted octanol–water partition coefficient (Wildman–Crippen LogP) is -1.47. The summed E-state index contributed by atoms with van der Waals surface area (Å²) in [5.41, 5.74) is 18.2. The minimum absolute atomic E-state index is 0. The number of imidazole rings is 1. The Labute approximate surface area is 473 Å². The number of benzene rings is 2. The van der Waals surface area contributed by atoms with Gasteiger partial charge in [0.2, 0.25) is 41.4 Å². The molecule has 2 heterocycles. The van der Waals surface area contributed by atoms with E-state index >= 15 is 0 Å². The first kappa shape index (κ1) is 63.5. The third-order valence-electron chi connectivity index (χ3n) is 12.7. The maximum atomic E-state index is 14.6. The molecule has 76 heavy (non-hydrogen) atoms. The van der Waals surface area contributed by atoms with E-state index in [0.717, 1.165) is 0 Å². The van der Waals surface area contributed by atoms with Crippen LogP contribution in [0, 0.1) is 11.8 Å². The molecular formula is C50H73CaN13O12. The SMILES string of the molecule is CC[C@H](C)[C@H](NC(=O)[C@H](Cc1ccc(O)cc1)NC(=O)[C@@H](NC(=O)[C@H](CCCN=C(N)N)NC(=O)[C@@H](N)CC(=O)O)C(C)C)C(=O)N[C@@H](Cc1cnc[nH]1)C(=O)N1CCC[C@H]1C(=O)N[C@@H](Cc1ccccc1)C(=O)O.[Ca+2].[H-].[H-]. The molecule has 16 N–H and O–H groups in total. The number of aromatic amines is 1. The Hall–Kier alpha value is -6.83. The number of hydrogen-bond donors (Lipinski definition) is 13. The van der Waals surface area contributed by atoms with Gasteiger partial charge in [-0.15, -0.1) is 0 Å². The van der Waals surface area contributed by atoms with Crippen molar-refractivity contribution in [3.05, 3.63) is 83.9 Å². The van der Waals surface area contributed by atoms with Crippen molar-refractivity contribution < 1.29 is 61.3 Å². The molecule has 1 fully saturated rings. The minimum Gasteiger partial charge on any atom is -1.00 e. The fourth-order valence-electron chi connectivity index (χ4n) is 8.31. The number of rotatable bonds is 29. The smallest absolute Gasteiger partial charge is 1.00 e. The summed E-state index contributed by atoms with van der Waals surface area (Å²) in [4.78, 5) is 134. The first-order chi connectivity index (χ1) is 35.6. The Morgan fingerprint density at radius 3 is 1.95 bits per heavy atom. The van der Waals surface area contributed by atoms with Crippen molar-refractivity contribution in [2.75, 3.05) is 13.1 Å². The number of aromatic nitrogens is 2. The zero-order chi connectivity index (χ0) is 55.4. The van der Waals surface area contributed by atoms with E-state index in [1.54, 1.807) is 58.0 Å². The first-order valence-electron chi connectivity index (χ1n) is 24.8. The molecule has 0 bridgehead atoms. The van der Waals surface area contributed by atoms with Gasteiger partial charge in [-0.25, -0.2) is 9.78 Å².